The van der Waals surface area contributed by atoms with E-state index in [1.807, 2.05) is 35.2 Å². The number of carbonyl (C=O) groups is 1. The van der Waals surface area contributed by atoms with Crippen LogP contribution >= 0.6 is 0 Å². The third kappa shape index (κ3) is 5.37. The fraction of sp³-hybridized carbons (Fsp3) is 0.350. The molecule has 0 spiro atoms. The highest BCUT2D eigenvalue weighted by Gasteiger charge is 2.29. The molecule has 8 heteroatoms. The molecule has 1 aliphatic heterocycles. The van der Waals surface area contributed by atoms with Crippen molar-refractivity contribution in [2.24, 2.45) is 0 Å². The van der Waals surface area contributed by atoms with Crippen molar-refractivity contribution in [1.82, 2.24) is 14.5 Å². The van der Waals surface area contributed by atoms with Crippen LogP contribution in [-0.2, 0) is 21.2 Å². The second kappa shape index (κ2) is 9.27. The second-order valence-corrected chi connectivity index (χ2v) is 8.66. The molecule has 0 radical (unpaired) electrons. The van der Waals surface area contributed by atoms with Crippen LogP contribution in [-0.4, -0.2) is 62.8 Å². The number of amides is 1. The minimum atomic E-state index is -3.64. The Kier molecular flexibility index (Phi) is 6.77. The Balaban J connectivity index is 1.43. The fourth-order valence-electron chi connectivity index (χ4n) is 3.13. The highest BCUT2D eigenvalue weighted by Crippen LogP contribution is 2.17. The number of carbonyl (C=O) groups excluding carboxylic acids is 1. The summed E-state index contributed by atoms with van der Waals surface area (Å²) in [7, 11) is -3.64. The molecule has 28 heavy (non-hydrogen) atoms. The summed E-state index contributed by atoms with van der Waals surface area (Å²) in [6, 6.07) is 14.8. The van der Waals surface area contributed by atoms with Gasteiger partial charge in [-0.1, -0.05) is 30.3 Å². The summed E-state index contributed by atoms with van der Waals surface area (Å²) >= 11 is 0. The Labute approximate surface area is 165 Å². The quantitative estimate of drug-likeness (QED) is 0.758. The predicted octanol–water partition coefficient (Wildman–Crippen LogP) is 1.49. The minimum absolute atomic E-state index is 0.0641. The first-order valence-electron chi connectivity index (χ1n) is 9.24. The number of nitrogens with zero attached hydrogens (tertiary/aromatic N) is 2. The molecule has 6 nitrogen and oxygen atoms in total. The molecule has 0 atom stereocenters. The first-order valence-corrected chi connectivity index (χ1v) is 10.7. The van der Waals surface area contributed by atoms with Gasteiger partial charge in [-0.2, -0.15) is 4.31 Å². The topological polar surface area (TPSA) is 69.7 Å². The molecule has 0 bridgehead atoms. The Bertz CT molecular complexity index is 881. The van der Waals surface area contributed by atoms with Gasteiger partial charge in [-0.25, -0.2) is 12.8 Å². The molecule has 0 unspecified atom stereocenters. The molecule has 1 aliphatic rings. The number of hydrogen-bond donors (Lipinski definition) is 1. The first kappa shape index (κ1) is 20.4. The summed E-state index contributed by atoms with van der Waals surface area (Å²) in [4.78, 5) is 14.1. The molecular weight excluding hydrogens is 381 g/mol. The Hall–Kier alpha value is -2.29. The van der Waals surface area contributed by atoms with E-state index in [0.29, 0.717) is 32.7 Å². The highest BCUT2D eigenvalue weighted by molar-refractivity contribution is 7.89. The molecule has 1 amide bonds. The van der Waals surface area contributed by atoms with Crippen molar-refractivity contribution in [3.63, 3.8) is 0 Å². The van der Waals surface area contributed by atoms with E-state index in [-0.39, 0.29) is 17.3 Å². The van der Waals surface area contributed by atoms with Crippen LogP contribution in [0.1, 0.15) is 5.56 Å². The van der Waals surface area contributed by atoms with E-state index in [1.54, 1.807) is 0 Å². The summed E-state index contributed by atoms with van der Waals surface area (Å²) in [5.41, 5.74) is 1.17. The van der Waals surface area contributed by atoms with Crippen molar-refractivity contribution in [1.29, 1.82) is 0 Å². The maximum Gasteiger partial charge on any atom is 0.243 e. The standard InChI is InChI=1S/C20H24FN3O3S/c21-18-6-8-19(9-7-18)28(26,27)24-14-12-23(13-15-24)16-20(25)22-11-10-17-4-2-1-3-5-17/h1-9H,10-16H2,(H,22,25). The average Bonchev–Trinajstić information content (AvgIpc) is 2.69. The van der Waals surface area contributed by atoms with Gasteiger partial charge >= 0.3 is 0 Å². The van der Waals surface area contributed by atoms with Crippen molar-refractivity contribution in [2.45, 2.75) is 11.3 Å². The van der Waals surface area contributed by atoms with Crippen molar-refractivity contribution >= 4 is 15.9 Å². The van der Waals surface area contributed by atoms with Gasteiger partial charge in [0.2, 0.25) is 15.9 Å². The number of piperazine rings is 1. The van der Waals surface area contributed by atoms with E-state index < -0.39 is 15.8 Å². The Morgan fingerprint density at radius 2 is 1.61 bits per heavy atom. The lowest BCUT2D eigenvalue weighted by Crippen LogP contribution is -2.51. The van der Waals surface area contributed by atoms with Gasteiger partial charge < -0.3 is 5.32 Å². The number of sulfonamides is 1. The van der Waals surface area contributed by atoms with E-state index in [4.69, 9.17) is 0 Å². The summed E-state index contributed by atoms with van der Waals surface area (Å²) in [6.45, 7) is 2.38. The molecule has 0 saturated carbocycles. The van der Waals surface area contributed by atoms with Crippen LogP contribution in [0.25, 0.3) is 0 Å². The van der Waals surface area contributed by atoms with Gasteiger partial charge in [0.25, 0.3) is 0 Å². The van der Waals surface area contributed by atoms with Gasteiger partial charge in [0.1, 0.15) is 5.82 Å². The normalized spacial score (nSPS) is 16.0. The van der Waals surface area contributed by atoms with E-state index in [0.717, 1.165) is 18.6 Å². The maximum atomic E-state index is 13.0. The number of benzene rings is 2. The molecule has 3 rings (SSSR count). The minimum Gasteiger partial charge on any atom is -0.355 e. The number of halogens is 1. The van der Waals surface area contributed by atoms with Crippen molar-refractivity contribution in [3.8, 4) is 0 Å². The average molecular weight is 405 g/mol. The van der Waals surface area contributed by atoms with E-state index in [2.05, 4.69) is 5.32 Å². The van der Waals surface area contributed by atoms with E-state index in [1.165, 1.54) is 22.0 Å². The first-order chi connectivity index (χ1) is 13.4. The van der Waals surface area contributed by atoms with Gasteiger partial charge in [0.05, 0.1) is 11.4 Å². The SMILES string of the molecule is O=C(CN1CCN(S(=O)(=O)c2ccc(F)cc2)CC1)NCCc1ccccc1. The number of nitrogens with one attached hydrogen (secondary N) is 1. The van der Waals surface area contributed by atoms with Gasteiger partial charge in [-0.3, -0.25) is 9.69 Å². The zero-order valence-electron chi connectivity index (χ0n) is 15.6. The Morgan fingerprint density at radius 1 is 0.964 bits per heavy atom. The monoisotopic (exact) mass is 405 g/mol. The lowest BCUT2D eigenvalue weighted by atomic mass is 10.1. The fourth-order valence-corrected chi connectivity index (χ4v) is 4.56. The van der Waals surface area contributed by atoms with Gasteiger partial charge in [0.15, 0.2) is 0 Å². The van der Waals surface area contributed by atoms with Crippen LogP contribution in [0.4, 0.5) is 4.39 Å². The summed E-state index contributed by atoms with van der Waals surface area (Å²) in [6.07, 6.45) is 0.774. The van der Waals surface area contributed by atoms with Crippen molar-refractivity contribution < 1.29 is 17.6 Å². The molecule has 150 valence electrons. The third-order valence-corrected chi connectivity index (χ3v) is 6.64. The maximum absolute atomic E-state index is 13.0. The lowest BCUT2D eigenvalue weighted by molar-refractivity contribution is -0.122. The largest absolute Gasteiger partial charge is 0.355 e. The summed E-state index contributed by atoms with van der Waals surface area (Å²) < 4.78 is 39.6. The van der Waals surface area contributed by atoms with E-state index >= 15 is 0 Å². The highest BCUT2D eigenvalue weighted by atomic mass is 32.2. The third-order valence-electron chi connectivity index (χ3n) is 4.73. The molecular formula is C20H24FN3O3S. The van der Waals surface area contributed by atoms with Gasteiger partial charge in [0, 0.05) is 32.7 Å². The molecule has 2 aromatic carbocycles. The molecule has 2 aromatic rings. The van der Waals surface area contributed by atoms with Crippen LogP contribution in [0.3, 0.4) is 0 Å². The van der Waals surface area contributed by atoms with Crippen LogP contribution < -0.4 is 5.32 Å². The van der Waals surface area contributed by atoms with Gasteiger partial charge in [-0.15, -0.1) is 0 Å². The summed E-state index contributed by atoms with van der Waals surface area (Å²) in [5, 5.41) is 2.90. The zero-order chi connectivity index (χ0) is 20.0. The lowest BCUT2D eigenvalue weighted by Gasteiger charge is -2.33. The molecule has 0 aromatic heterocycles. The van der Waals surface area contributed by atoms with E-state index in [9.17, 15) is 17.6 Å². The molecule has 1 heterocycles. The predicted molar refractivity (Wildman–Crippen MR) is 105 cm³/mol. The van der Waals surface area contributed by atoms with Crippen molar-refractivity contribution in [2.75, 3.05) is 39.3 Å². The summed E-state index contributed by atoms with van der Waals surface area (Å²) in [5.74, 6) is -0.534. The van der Waals surface area contributed by atoms with Crippen LogP contribution in [0.15, 0.2) is 59.5 Å². The molecule has 1 saturated heterocycles. The van der Waals surface area contributed by atoms with Crippen LogP contribution in [0.2, 0.25) is 0 Å². The number of hydrogen-bond acceptors (Lipinski definition) is 4. The van der Waals surface area contributed by atoms with Gasteiger partial charge in [-0.05, 0) is 36.2 Å². The van der Waals surface area contributed by atoms with Crippen LogP contribution in [0.5, 0.6) is 0 Å². The molecule has 1 N–H and O–H groups in total. The smallest absolute Gasteiger partial charge is 0.243 e. The molecule has 1 fully saturated rings. The zero-order valence-corrected chi connectivity index (χ0v) is 16.4. The number of rotatable bonds is 7. The second-order valence-electron chi connectivity index (χ2n) is 6.72. The van der Waals surface area contributed by atoms with Crippen LogP contribution in [0, 0.1) is 5.82 Å². The van der Waals surface area contributed by atoms with Crippen molar-refractivity contribution in [3.05, 3.63) is 66.0 Å². The molecule has 0 aliphatic carbocycles. The Morgan fingerprint density at radius 3 is 2.25 bits per heavy atom.